The molecule has 0 fully saturated rings. The van der Waals surface area contributed by atoms with Gasteiger partial charge in [0, 0.05) is 36.6 Å². The van der Waals surface area contributed by atoms with Gasteiger partial charge in [0.25, 0.3) is 0 Å². The van der Waals surface area contributed by atoms with Gasteiger partial charge in [-0.1, -0.05) is 18.2 Å². The van der Waals surface area contributed by atoms with Crippen molar-refractivity contribution < 1.29 is 0 Å². The third kappa shape index (κ3) is 2.33. The molecule has 4 heteroatoms. The monoisotopic (exact) mass is 245 g/mol. The Labute approximate surface area is 105 Å². The quantitative estimate of drug-likeness (QED) is 0.868. The van der Waals surface area contributed by atoms with Crippen LogP contribution in [-0.2, 0) is 6.54 Å². The molecule has 88 valence electrons. The predicted molar refractivity (Wildman–Crippen MR) is 71.5 cm³/mol. The molecule has 0 saturated carbocycles. The number of nitrogens with one attached hydrogen (secondary N) is 2. The standard InChI is InChI=1S/C13H15N3S/c1-2-4-13-12(3-1)10(6-15-13)5-14-7-11-8-17-9-16-11/h1-4,8-10,14-15H,5-7H2. The fourth-order valence-corrected chi connectivity index (χ4v) is 2.80. The second-order valence-corrected chi connectivity index (χ2v) is 4.99. The SMILES string of the molecule is c1ccc2c(c1)NCC2CNCc1cscn1. The van der Waals surface area contributed by atoms with Gasteiger partial charge in [-0.15, -0.1) is 11.3 Å². The minimum absolute atomic E-state index is 0.574. The van der Waals surface area contributed by atoms with Gasteiger partial charge < -0.3 is 10.6 Å². The number of rotatable bonds is 4. The summed E-state index contributed by atoms with van der Waals surface area (Å²) in [5, 5.41) is 9.01. The van der Waals surface area contributed by atoms with Crippen LogP contribution in [0.1, 0.15) is 17.2 Å². The summed E-state index contributed by atoms with van der Waals surface area (Å²) < 4.78 is 0. The highest BCUT2D eigenvalue weighted by atomic mass is 32.1. The molecular weight excluding hydrogens is 230 g/mol. The van der Waals surface area contributed by atoms with Crippen LogP contribution >= 0.6 is 11.3 Å². The summed E-state index contributed by atoms with van der Waals surface area (Å²) >= 11 is 1.65. The van der Waals surface area contributed by atoms with E-state index in [9.17, 15) is 0 Å². The van der Waals surface area contributed by atoms with Gasteiger partial charge in [-0.25, -0.2) is 4.98 Å². The van der Waals surface area contributed by atoms with Gasteiger partial charge in [0.05, 0.1) is 11.2 Å². The lowest BCUT2D eigenvalue weighted by molar-refractivity contribution is 0.608. The number of para-hydroxylation sites is 1. The van der Waals surface area contributed by atoms with E-state index in [1.54, 1.807) is 11.3 Å². The van der Waals surface area contributed by atoms with Gasteiger partial charge in [0.2, 0.25) is 0 Å². The molecule has 1 atom stereocenters. The Morgan fingerprint density at radius 2 is 2.35 bits per heavy atom. The van der Waals surface area contributed by atoms with E-state index in [2.05, 4.69) is 45.3 Å². The van der Waals surface area contributed by atoms with Crippen LogP contribution in [0.2, 0.25) is 0 Å². The lowest BCUT2D eigenvalue weighted by Crippen LogP contribution is -2.22. The molecular formula is C13H15N3S. The molecule has 1 unspecified atom stereocenters. The molecule has 1 aliphatic rings. The Balaban J connectivity index is 1.57. The number of nitrogens with zero attached hydrogens (tertiary/aromatic N) is 1. The minimum atomic E-state index is 0.574. The molecule has 17 heavy (non-hydrogen) atoms. The van der Waals surface area contributed by atoms with Crippen LogP contribution in [0.5, 0.6) is 0 Å². The fourth-order valence-electron chi connectivity index (χ4n) is 2.24. The van der Waals surface area contributed by atoms with Crippen LogP contribution < -0.4 is 10.6 Å². The maximum Gasteiger partial charge on any atom is 0.0795 e. The van der Waals surface area contributed by atoms with Crippen molar-refractivity contribution in [1.29, 1.82) is 0 Å². The molecule has 0 saturated heterocycles. The number of aromatic nitrogens is 1. The zero-order chi connectivity index (χ0) is 11.5. The predicted octanol–water partition coefficient (Wildman–Crippen LogP) is 2.44. The molecule has 0 aliphatic carbocycles. The molecule has 0 spiro atoms. The second-order valence-electron chi connectivity index (χ2n) is 4.28. The Hall–Kier alpha value is -1.39. The summed E-state index contributed by atoms with van der Waals surface area (Å²) in [5.74, 6) is 0.574. The van der Waals surface area contributed by atoms with E-state index >= 15 is 0 Å². The summed E-state index contributed by atoms with van der Waals surface area (Å²) in [6.45, 7) is 2.90. The minimum Gasteiger partial charge on any atom is -0.384 e. The van der Waals surface area contributed by atoms with Gasteiger partial charge >= 0.3 is 0 Å². The molecule has 2 aromatic rings. The Morgan fingerprint density at radius 1 is 1.41 bits per heavy atom. The third-order valence-electron chi connectivity index (χ3n) is 3.12. The summed E-state index contributed by atoms with van der Waals surface area (Å²) in [5.41, 5.74) is 5.73. The molecule has 2 N–H and O–H groups in total. The normalized spacial score (nSPS) is 17.8. The molecule has 1 aromatic carbocycles. The third-order valence-corrected chi connectivity index (χ3v) is 3.76. The first-order valence-electron chi connectivity index (χ1n) is 5.84. The van der Waals surface area contributed by atoms with E-state index in [0.717, 1.165) is 25.3 Å². The van der Waals surface area contributed by atoms with Gasteiger partial charge in [-0.05, 0) is 11.6 Å². The smallest absolute Gasteiger partial charge is 0.0795 e. The van der Waals surface area contributed by atoms with Crippen LogP contribution in [0, 0.1) is 0 Å². The number of hydrogen-bond acceptors (Lipinski definition) is 4. The van der Waals surface area contributed by atoms with E-state index < -0.39 is 0 Å². The van der Waals surface area contributed by atoms with Crippen molar-refractivity contribution in [1.82, 2.24) is 10.3 Å². The second kappa shape index (κ2) is 4.85. The first kappa shape index (κ1) is 10.7. The number of fused-ring (bicyclic) bond motifs is 1. The zero-order valence-electron chi connectivity index (χ0n) is 9.52. The molecule has 1 aliphatic heterocycles. The van der Waals surface area contributed by atoms with Crippen molar-refractivity contribution in [3.05, 3.63) is 46.4 Å². The lowest BCUT2D eigenvalue weighted by Gasteiger charge is -2.10. The van der Waals surface area contributed by atoms with Crippen molar-refractivity contribution in [2.75, 3.05) is 18.4 Å². The molecule has 0 bridgehead atoms. The van der Waals surface area contributed by atoms with E-state index in [-0.39, 0.29) is 0 Å². The van der Waals surface area contributed by atoms with Gasteiger partial charge in [0.1, 0.15) is 0 Å². The molecule has 3 rings (SSSR count). The Bertz CT molecular complexity index is 481. The number of hydrogen-bond donors (Lipinski definition) is 2. The average molecular weight is 245 g/mol. The molecule has 0 amide bonds. The summed E-state index contributed by atoms with van der Waals surface area (Å²) in [6, 6.07) is 8.55. The van der Waals surface area contributed by atoms with E-state index in [1.807, 2.05) is 5.51 Å². The number of benzene rings is 1. The summed E-state index contributed by atoms with van der Waals surface area (Å²) in [7, 11) is 0. The average Bonchev–Trinajstić information content (AvgIpc) is 2.99. The highest BCUT2D eigenvalue weighted by Gasteiger charge is 2.20. The Morgan fingerprint density at radius 3 is 3.24 bits per heavy atom. The fraction of sp³-hybridized carbons (Fsp3) is 0.308. The van der Waals surface area contributed by atoms with Gasteiger partial charge in [-0.3, -0.25) is 0 Å². The number of thiazole rings is 1. The van der Waals surface area contributed by atoms with Crippen LogP contribution in [-0.4, -0.2) is 18.1 Å². The summed E-state index contributed by atoms with van der Waals surface area (Å²) in [4.78, 5) is 4.27. The van der Waals surface area contributed by atoms with Gasteiger partial charge in [0.15, 0.2) is 0 Å². The van der Waals surface area contributed by atoms with Crippen molar-refractivity contribution in [2.24, 2.45) is 0 Å². The van der Waals surface area contributed by atoms with Crippen LogP contribution in [0.4, 0.5) is 5.69 Å². The zero-order valence-corrected chi connectivity index (χ0v) is 10.3. The van der Waals surface area contributed by atoms with Crippen molar-refractivity contribution in [2.45, 2.75) is 12.5 Å². The van der Waals surface area contributed by atoms with Crippen molar-refractivity contribution in [3.8, 4) is 0 Å². The first-order chi connectivity index (χ1) is 8.43. The van der Waals surface area contributed by atoms with E-state index in [0.29, 0.717) is 5.92 Å². The van der Waals surface area contributed by atoms with Gasteiger partial charge in [-0.2, -0.15) is 0 Å². The molecule has 2 heterocycles. The van der Waals surface area contributed by atoms with Crippen molar-refractivity contribution >= 4 is 17.0 Å². The van der Waals surface area contributed by atoms with Crippen LogP contribution in [0.25, 0.3) is 0 Å². The molecule has 1 aromatic heterocycles. The molecule has 0 radical (unpaired) electrons. The lowest BCUT2D eigenvalue weighted by atomic mass is 10.0. The first-order valence-corrected chi connectivity index (χ1v) is 6.78. The van der Waals surface area contributed by atoms with E-state index in [1.165, 1.54) is 11.3 Å². The largest absolute Gasteiger partial charge is 0.384 e. The maximum absolute atomic E-state index is 4.27. The van der Waals surface area contributed by atoms with E-state index in [4.69, 9.17) is 0 Å². The topological polar surface area (TPSA) is 37.0 Å². The highest BCUT2D eigenvalue weighted by Crippen LogP contribution is 2.30. The van der Waals surface area contributed by atoms with Crippen LogP contribution in [0.3, 0.4) is 0 Å². The number of anilines is 1. The summed E-state index contributed by atoms with van der Waals surface area (Å²) in [6.07, 6.45) is 0. The molecule has 3 nitrogen and oxygen atoms in total. The Kier molecular flexibility index (Phi) is 3.07. The van der Waals surface area contributed by atoms with Crippen molar-refractivity contribution in [3.63, 3.8) is 0 Å². The highest BCUT2D eigenvalue weighted by molar-refractivity contribution is 7.07. The maximum atomic E-state index is 4.27. The van der Waals surface area contributed by atoms with Crippen LogP contribution in [0.15, 0.2) is 35.2 Å².